The highest BCUT2D eigenvalue weighted by atomic mass is 79.9. The predicted molar refractivity (Wildman–Crippen MR) is 81.1 cm³/mol. The summed E-state index contributed by atoms with van der Waals surface area (Å²) in [5, 5.41) is 0.195. The zero-order chi connectivity index (χ0) is 15.0. The van der Waals surface area contributed by atoms with Gasteiger partial charge in [-0.15, -0.1) is 0 Å². The SMILES string of the molecule is Nc1cc(C(=O)c2cc(Cl)c(Br)cc2F)c(Br)cc1F. The molecule has 0 amide bonds. The molecule has 2 aromatic carbocycles. The summed E-state index contributed by atoms with van der Waals surface area (Å²) in [6, 6.07) is 4.50. The molecular formula is C13H6Br2ClF2NO. The van der Waals surface area contributed by atoms with Gasteiger partial charge in [-0.3, -0.25) is 4.79 Å². The second-order valence-corrected chi connectivity index (χ2v) is 6.04. The maximum absolute atomic E-state index is 13.8. The van der Waals surface area contributed by atoms with Crippen LogP contribution in [0.5, 0.6) is 0 Å². The van der Waals surface area contributed by atoms with Crippen molar-refractivity contribution in [1.82, 2.24) is 0 Å². The summed E-state index contributed by atoms with van der Waals surface area (Å²) < 4.78 is 27.6. The van der Waals surface area contributed by atoms with E-state index in [9.17, 15) is 13.6 Å². The lowest BCUT2D eigenvalue weighted by molar-refractivity contribution is 0.103. The van der Waals surface area contributed by atoms with E-state index in [-0.39, 0.29) is 26.3 Å². The van der Waals surface area contributed by atoms with Crippen LogP contribution >= 0.6 is 43.5 Å². The van der Waals surface area contributed by atoms with Gasteiger partial charge in [0.15, 0.2) is 5.78 Å². The molecule has 0 aliphatic heterocycles. The first kappa shape index (κ1) is 15.4. The van der Waals surface area contributed by atoms with Crippen molar-refractivity contribution >= 4 is 54.9 Å². The highest BCUT2D eigenvalue weighted by Gasteiger charge is 2.20. The standard InChI is InChI=1S/C13H6Br2ClF2NO/c14-7-3-11(18)12(19)2-5(7)13(20)6-1-9(16)8(15)4-10(6)17/h1-4H,19H2. The van der Waals surface area contributed by atoms with Crippen LogP contribution in [-0.2, 0) is 0 Å². The van der Waals surface area contributed by atoms with E-state index in [4.69, 9.17) is 17.3 Å². The molecule has 2 rings (SSSR count). The van der Waals surface area contributed by atoms with Gasteiger partial charge in [0.05, 0.1) is 16.3 Å². The third-order valence-electron chi connectivity index (χ3n) is 2.59. The number of hydrogen-bond acceptors (Lipinski definition) is 2. The van der Waals surface area contributed by atoms with Gasteiger partial charge in [-0.05, 0) is 56.1 Å². The van der Waals surface area contributed by atoms with Crippen LogP contribution in [0, 0.1) is 11.6 Å². The molecule has 0 heterocycles. The first-order valence-corrected chi connectivity index (χ1v) is 7.21. The van der Waals surface area contributed by atoms with Crippen molar-refractivity contribution in [1.29, 1.82) is 0 Å². The maximum atomic E-state index is 13.8. The first-order valence-electron chi connectivity index (χ1n) is 5.25. The van der Waals surface area contributed by atoms with Crippen molar-refractivity contribution in [2.75, 3.05) is 5.73 Å². The first-order chi connectivity index (χ1) is 9.31. The molecule has 20 heavy (non-hydrogen) atoms. The van der Waals surface area contributed by atoms with Crippen molar-refractivity contribution in [2.24, 2.45) is 0 Å². The van der Waals surface area contributed by atoms with Crippen molar-refractivity contribution in [2.45, 2.75) is 0 Å². The fourth-order valence-electron chi connectivity index (χ4n) is 1.58. The lowest BCUT2D eigenvalue weighted by atomic mass is 10.0. The number of benzene rings is 2. The Labute approximate surface area is 135 Å². The van der Waals surface area contributed by atoms with Crippen LogP contribution in [0.1, 0.15) is 15.9 Å². The molecule has 0 aliphatic rings. The van der Waals surface area contributed by atoms with Crippen molar-refractivity contribution in [3.05, 3.63) is 61.0 Å². The molecule has 2 aromatic rings. The fraction of sp³-hybridized carbons (Fsp3) is 0. The molecule has 0 aliphatic carbocycles. The smallest absolute Gasteiger partial charge is 0.197 e. The number of rotatable bonds is 2. The average Bonchev–Trinajstić information content (AvgIpc) is 2.37. The van der Waals surface area contributed by atoms with Crippen LogP contribution in [0.4, 0.5) is 14.5 Å². The number of anilines is 1. The monoisotopic (exact) mass is 423 g/mol. The summed E-state index contributed by atoms with van der Waals surface area (Å²) in [5.74, 6) is -2.04. The van der Waals surface area contributed by atoms with E-state index in [0.717, 1.165) is 18.2 Å². The molecule has 0 fully saturated rings. The zero-order valence-electron chi connectivity index (χ0n) is 9.68. The quantitative estimate of drug-likeness (QED) is 0.420. The number of halogens is 5. The van der Waals surface area contributed by atoms with E-state index in [1.54, 1.807) is 0 Å². The second kappa shape index (κ2) is 5.79. The molecule has 0 unspecified atom stereocenters. The highest BCUT2D eigenvalue weighted by Crippen LogP contribution is 2.30. The fourth-order valence-corrected chi connectivity index (χ4v) is 2.56. The van der Waals surface area contributed by atoms with E-state index in [1.165, 1.54) is 6.07 Å². The molecule has 104 valence electrons. The Bertz CT molecular complexity index is 663. The summed E-state index contributed by atoms with van der Waals surface area (Å²) in [6.45, 7) is 0. The van der Waals surface area contributed by atoms with Crippen molar-refractivity contribution in [3.63, 3.8) is 0 Å². The third kappa shape index (κ3) is 2.87. The van der Waals surface area contributed by atoms with Crippen LogP contribution in [-0.4, -0.2) is 5.78 Å². The van der Waals surface area contributed by atoms with Gasteiger partial charge in [0.2, 0.25) is 0 Å². The summed E-state index contributed by atoms with van der Waals surface area (Å²) >= 11 is 12.0. The number of hydrogen-bond donors (Lipinski definition) is 1. The van der Waals surface area contributed by atoms with E-state index in [0.29, 0.717) is 4.47 Å². The minimum atomic E-state index is -0.735. The number of ketones is 1. The van der Waals surface area contributed by atoms with Crippen LogP contribution in [0.3, 0.4) is 0 Å². The molecule has 0 saturated heterocycles. The molecule has 0 atom stereocenters. The Balaban J connectivity index is 2.57. The van der Waals surface area contributed by atoms with Crippen molar-refractivity contribution in [3.8, 4) is 0 Å². The Kier molecular flexibility index (Phi) is 4.46. The molecule has 0 aromatic heterocycles. The number of carbonyl (C=O) groups is 1. The van der Waals surface area contributed by atoms with E-state index in [1.807, 2.05) is 0 Å². The number of carbonyl (C=O) groups excluding carboxylic acids is 1. The molecule has 2 nitrogen and oxygen atoms in total. The summed E-state index contributed by atoms with van der Waals surface area (Å²) in [7, 11) is 0. The predicted octanol–water partition coefficient (Wildman–Crippen LogP) is 4.96. The molecule has 7 heteroatoms. The minimum Gasteiger partial charge on any atom is -0.396 e. The van der Waals surface area contributed by atoms with Crippen LogP contribution in [0.2, 0.25) is 5.02 Å². The van der Waals surface area contributed by atoms with Gasteiger partial charge in [-0.1, -0.05) is 11.6 Å². The Hall–Kier alpha value is -0.980. The van der Waals surface area contributed by atoms with E-state index < -0.39 is 17.4 Å². The second-order valence-electron chi connectivity index (χ2n) is 3.93. The van der Waals surface area contributed by atoms with Gasteiger partial charge in [0.25, 0.3) is 0 Å². The zero-order valence-corrected chi connectivity index (χ0v) is 13.6. The number of nitrogens with two attached hydrogens (primary N) is 1. The normalized spacial score (nSPS) is 10.7. The average molecular weight is 425 g/mol. The van der Waals surface area contributed by atoms with Crippen LogP contribution in [0.15, 0.2) is 33.2 Å². The van der Waals surface area contributed by atoms with Gasteiger partial charge in [0, 0.05) is 14.5 Å². The lowest BCUT2D eigenvalue weighted by Gasteiger charge is -2.08. The van der Waals surface area contributed by atoms with E-state index in [2.05, 4.69) is 31.9 Å². The van der Waals surface area contributed by atoms with Crippen molar-refractivity contribution < 1.29 is 13.6 Å². The Morgan fingerprint density at radius 2 is 1.60 bits per heavy atom. The Morgan fingerprint density at radius 1 is 1.00 bits per heavy atom. The summed E-state index contributed by atoms with van der Waals surface area (Å²) in [5.41, 5.74) is 5.07. The minimum absolute atomic E-state index is 0.0567. The summed E-state index contributed by atoms with van der Waals surface area (Å²) in [4.78, 5) is 12.3. The lowest BCUT2D eigenvalue weighted by Crippen LogP contribution is -2.07. The third-order valence-corrected chi connectivity index (χ3v) is 4.44. The van der Waals surface area contributed by atoms with Crippen LogP contribution < -0.4 is 5.73 Å². The van der Waals surface area contributed by atoms with Gasteiger partial charge in [-0.25, -0.2) is 8.78 Å². The Morgan fingerprint density at radius 3 is 2.25 bits per heavy atom. The van der Waals surface area contributed by atoms with Gasteiger partial charge >= 0.3 is 0 Å². The molecule has 0 saturated carbocycles. The van der Waals surface area contributed by atoms with E-state index >= 15 is 0 Å². The van der Waals surface area contributed by atoms with Gasteiger partial charge < -0.3 is 5.73 Å². The van der Waals surface area contributed by atoms with Gasteiger partial charge in [-0.2, -0.15) is 0 Å². The molecule has 0 radical (unpaired) electrons. The largest absolute Gasteiger partial charge is 0.396 e. The highest BCUT2D eigenvalue weighted by molar-refractivity contribution is 9.10. The van der Waals surface area contributed by atoms with Gasteiger partial charge in [0.1, 0.15) is 11.6 Å². The summed E-state index contributed by atoms with van der Waals surface area (Å²) in [6.07, 6.45) is 0. The topological polar surface area (TPSA) is 43.1 Å². The maximum Gasteiger partial charge on any atom is 0.197 e. The van der Waals surface area contributed by atoms with Crippen LogP contribution in [0.25, 0.3) is 0 Å². The number of nitrogen functional groups attached to an aromatic ring is 1. The molecule has 0 bridgehead atoms. The molecular weight excluding hydrogens is 419 g/mol. The molecule has 0 spiro atoms. The molecule has 2 N–H and O–H groups in total.